The summed E-state index contributed by atoms with van der Waals surface area (Å²) in [6.07, 6.45) is 62.5. The summed E-state index contributed by atoms with van der Waals surface area (Å²) in [5, 5.41) is 57.0. The molecule has 1 amide bonds. The van der Waals surface area contributed by atoms with Crippen LogP contribution in [0.1, 0.15) is 290 Å². The maximum absolute atomic E-state index is 13.5. The molecule has 0 spiro atoms. The van der Waals surface area contributed by atoms with Gasteiger partial charge >= 0.3 is 5.97 Å². The smallest absolute Gasteiger partial charge is 0.306 e. The summed E-state index contributed by atoms with van der Waals surface area (Å²) >= 11 is 0. The molecule has 80 heavy (non-hydrogen) atoms. The van der Waals surface area contributed by atoms with Crippen molar-refractivity contribution < 1.29 is 49.3 Å². The van der Waals surface area contributed by atoms with Gasteiger partial charge in [-0.3, -0.25) is 9.59 Å². The molecule has 1 rings (SSSR count). The maximum Gasteiger partial charge on any atom is 0.306 e. The van der Waals surface area contributed by atoms with Crippen LogP contribution >= 0.6 is 0 Å². The third-order valence-electron chi connectivity index (χ3n) is 15.4. The largest absolute Gasteiger partial charge is 0.454 e. The standard InChI is InChI=1S/C69H123NO10/c1-4-7-10-13-16-19-22-25-26-27-28-29-30-31-32-33-34-35-36-37-39-41-44-47-50-53-56-62(73)68(77)70-60(61(72)55-52-49-46-43-40-24-21-18-15-12-9-6-3)59-78-69-67(66(76)65(75)63(58-71)79-69)80-64(74)57-54-51-48-45-42-38-23-20-17-14-11-8-5-2/h8,11,14,17,20,23,25-26,38,42,52,55,60-63,65-67,69,71-73,75-76H,4-7,9-10,12-13,15-16,18-19,21-22,24,27-37,39-41,43-51,53-54,56-59H2,1-3H3,(H,70,77)/b11-8+,17-14+,23-20-,26-25+,42-38-,55-52+. The summed E-state index contributed by atoms with van der Waals surface area (Å²) in [5.74, 6) is -1.23. The fourth-order valence-electron chi connectivity index (χ4n) is 10.2. The fourth-order valence-corrected chi connectivity index (χ4v) is 10.2. The lowest BCUT2D eigenvalue weighted by Crippen LogP contribution is -2.61. The minimum atomic E-state index is -1.63. The molecular weight excluding hydrogens is 1000 g/mol. The number of allylic oxidation sites excluding steroid dienone is 11. The molecule has 1 aliphatic heterocycles. The number of esters is 1. The average Bonchev–Trinajstić information content (AvgIpc) is 3.45. The second kappa shape index (κ2) is 56.6. The van der Waals surface area contributed by atoms with Crippen LogP contribution in [0.5, 0.6) is 0 Å². The van der Waals surface area contributed by atoms with Gasteiger partial charge in [-0.05, 0) is 70.6 Å². The van der Waals surface area contributed by atoms with Gasteiger partial charge in [-0.15, -0.1) is 0 Å². The van der Waals surface area contributed by atoms with Gasteiger partial charge in [0.05, 0.1) is 25.4 Å². The van der Waals surface area contributed by atoms with E-state index in [1.165, 1.54) is 180 Å². The van der Waals surface area contributed by atoms with Gasteiger partial charge in [0.1, 0.15) is 24.4 Å². The van der Waals surface area contributed by atoms with Crippen molar-refractivity contribution in [2.24, 2.45) is 0 Å². The zero-order valence-electron chi connectivity index (χ0n) is 51.4. The molecule has 1 heterocycles. The number of hydrogen-bond donors (Lipinski definition) is 6. The van der Waals surface area contributed by atoms with Gasteiger partial charge in [0.2, 0.25) is 5.91 Å². The molecule has 0 bridgehead atoms. The van der Waals surface area contributed by atoms with Crippen molar-refractivity contribution in [2.75, 3.05) is 13.2 Å². The molecule has 464 valence electrons. The van der Waals surface area contributed by atoms with Gasteiger partial charge in [-0.2, -0.15) is 0 Å². The third-order valence-corrected chi connectivity index (χ3v) is 15.4. The number of hydrogen-bond acceptors (Lipinski definition) is 10. The highest BCUT2D eigenvalue weighted by atomic mass is 16.7. The van der Waals surface area contributed by atoms with Gasteiger partial charge in [0, 0.05) is 6.42 Å². The van der Waals surface area contributed by atoms with E-state index in [4.69, 9.17) is 14.2 Å². The van der Waals surface area contributed by atoms with Crippen molar-refractivity contribution in [1.82, 2.24) is 5.32 Å². The van der Waals surface area contributed by atoms with Gasteiger partial charge in [-0.1, -0.05) is 286 Å². The Labute approximate surface area is 490 Å². The van der Waals surface area contributed by atoms with Crippen LogP contribution in [0, 0.1) is 0 Å². The van der Waals surface area contributed by atoms with Crippen LogP contribution in [0.15, 0.2) is 72.9 Å². The first-order valence-corrected chi connectivity index (χ1v) is 33.3. The number of carbonyl (C=O) groups is 2. The molecule has 11 nitrogen and oxygen atoms in total. The Hall–Kier alpha value is -2.90. The highest BCUT2D eigenvalue weighted by molar-refractivity contribution is 5.80. The van der Waals surface area contributed by atoms with Crippen molar-refractivity contribution in [3.8, 4) is 0 Å². The molecule has 0 aromatic carbocycles. The summed E-state index contributed by atoms with van der Waals surface area (Å²) < 4.78 is 17.6. The molecule has 8 atom stereocenters. The number of rotatable bonds is 56. The quantitative estimate of drug-likeness (QED) is 0.0149. The molecule has 0 aliphatic carbocycles. The highest BCUT2D eigenvalue weighted by Gasteiger charge is 2.47. The zero-order chi connectivity index (χ0) is 58.2. The van der Waals surface area contributed by atoms with E-state index in [1.54, 1.807) is 6.08 Å². The van der Waals surface area contributed by atoms with Gasteiger partial charge in [-0.25, -0.2) is 0 Å². The predicted molar refractivity (Wildman–Crippen MR) is 333 cm³/mol. The Kier molecular flexibility index (Phi) is 53.1. The number of aliphatic hydroxyl groups is 5. The van der Waals surface area contributed by atoms with E-state index in [1.807, 2.05) is 42.5 Å². The predicted octanol–water partition coefficient (Wildman–Crippen LogP) is 16.3. The lowest BCUT2D eigenvalue weighted by atomic mass is 9.99. The number of aliphatic hydroxyl groups excluding tert-OH is 5. The Morgan fingerprint density at radius 2 is 0.912 bits per heavy atom. The van der Waals surface area contributed by atoms with E-state index in [0.717, 1.165) is 64.2 Å². The van der Waals surface area contributed by atoms with E-state index >= 15 is 0 Å². The summed E-state index contributed by atoms with van der Waals surface area (Å²) in [5.41, 5.74) is 0. The topological polar surface area (TPSA) is 175 Å². The normalized spacial score (nSPS) is 19.2. The second-order valence-corrected chi connectivity index (χ2v) is 22.9. The first-order valence-electron chi connectivity index (χ1n) is 33.3. The van der Waals surface area contributed by atoms with Crippen molar-refractivity contribution in [3.63, 3.8) is 0 Å². The zero-order valence-corrected chi connectivity index (χ0v) is 51.4. The van der Waals surface area contributed by atoms with E-state index in [2.05, 4.69) is 50.4 Å². The second-order valence-electron chi connectivity index (χ2n) is 22.9. The number of ether oxygens (including phenoxy) is 3. The Balaban J connectivity index is 2.57. The molecule has 11 heteroatoms. The van der Waals surface area contributed by atoms with Gasteiger partial charge in [0.15, 0.2) is 12.4 Å². The van der Waals surface area contributed by atoms with Crippen LogP contribution in [0.25, 0.3) is 0 Å². The molecule has 1 fully saturated rings. The van der Waals surface area contributed by atoms with Gasteiger partial charge in [0.25, 0.3) is 0 Å². The lowest BCUT2D eigenvalue weighted by Gasteiger charge is -2.41. The van der Waals surface area contributed by atoms with E-state index in [0.29, 0.717) is 12.8 Å². The minimum Gasteiger partial charge on any atom is -0.454 e. The number of nitrogens with one attached hydrogen (secondary N) is 1. The average molecular weight is 1130 g/mol. The van der Waals surface area contributed by atoms with Crippen molar-refractivity contribution in [1.29, 1.82) is 0 Å². The maximum atomic E-state index is 13.5. The molecule has 0 aromatic rings. The van der Waals surface area contributed by atoms with E-state index < -0.39 is 67.4 Å². The van der Waals surface area contributed by atoms with Crippen LogP contribution in [-0.2, 0) is 23.8 Å². The molecule has 0 aromatic heterocycles. The van der Waals surface area contributed by atoms with E-state index in [-0.39, 0.29) is 19.4 Å². The third kappa shape index (κ3) is 43.7. The molecule has 1 aliphatic rings. The Bertz CT molecular complexity index is 1580. The van der Waals surface area contributed by atoms with Crippen molar-refractivity contribution in [2.45, 2.75) is 339 Å². The van der Waals surface area contributed by atoms with Crippen molar-refractivity contribution >= 4 is 11.9 Å². The molecule has 1 saturated heterocycles. The SMILES string of the molecule is CC/C=C/C=C/C=C\C=C/CCCCCC(=O)OC1C(OCC(NC(=O)C(O)CCCCCCCCCCCCCCCCCC/C=C/CCCCCCCC)C(O)/C=C/CCCCCCCCCCCC)OC(CO)C(O)C1O. The fraction of sp³-hybridized carbons (Fsp3) is 0.797. The first-order chi connectivity index (χ1) is 39.2. The molecule has 0 saturated carbocycles. The molecule has 0 radical (unpaired) electrons. The summed E-state index contributed by atoms with van der Waals surface area (Å²) in [7, 11) is 0. The molecule has 6 N–H and O–H groups in total. The summed E-state index contributed by atoms with van der Waals surface area (Å²) in [4.78, 5) is 26.5. The minimum absolute atomic E-state index is 0.0763. The first kappa shape index (κ1) is 75.1. The Morgan fingerprint density at radius 1 is 0.500 bits per heavy atom. The molecule has 8 unspecified atom stereocenters. The van der Waals surface area contributed by atoms with Crippen LogP contribution in [0.3, 0.4) is 0 Å². The van der Waals surface area contributed by atoms with Crippen LogP contribution in [0.4, 0.5) is 0 Å². The van der Waals surface area contributed by atoms with Crippen LogP contribution in [-0.4, -0.2) is 99.6 Å². The summed E-state index contributed by atoms with van der Waals surface area (Å²) in [6, 6.07) is -1.03. The number of amides is 1. The number of carbonyl (C=O) groups excluding carboxylic acids is 2. The van der Waals surface area contributed by atoms with E-state index in [9.17, 15) is 35.1 Å². The van der Waals surface area contributed by atoms with Crippen LogP contribution in [0.2, 0.25) is 0 Å². The number of unbranched alkanes of at least 4 members (excludes halogenated alkanes) is 35. The van der Waals surface area contributed by atoms with Gasteiger partial charge < -0.3 is 45.1 Å². The Morgan fingerprint density at radius 3 is 1.39 bits per heavy atom. The molecular formula is C69H123NO10. The monoisotopic (exact) mass is 1130 g/mol. The van der Waals surface area contributed by atoms with Crippen molar-refractivity contribution in [3.05, 3.63) is 72.9 Å². The summed E-state index contributed by atoms with van der Waals surface area (Å²) in [6.45, 7) is 5.63. The van der Waals surface area contributed by atoms with Crippen LogP contribution < -0.4 is 5.32 Å². The highest BCUT2D eigenvalue weighted by Crippen LogP contribution is 2.26. The lowest BCUT2D eigenvalue weighted by molar-refractivity contribution is -0.305.